The Morgan fingerprint density at radius 1 is 1.33 bits per heavy atom. The van der Waals surface area contributed by atoms with E-state index in [1.807, 2.05) is 13.3 Å². The summed E-state index contributed by atoms with van der Waals surface area (Å²) in [4.78, 5) is 2.10. The summed E-state index contributed by atoms with van der Waals surface area (Å²) in [6.07, 6.45) is 2.04. The molecular formula is C13H20F2N2S. The fourth-order valence-corrected chi connectivity index (χ4v) is 2.64. The number of rotatable bonds is 6. The molecule has 5 heteroatoms. The Hall–Kier alpha value is -0.650. The minimum atomic E-state index is -0.825. The smallest absolute Gasteiger partial charge is 0.159 e. The molecule has 102 valence electrons. The van der Waals surface area contributed by atoms with E-state index in [0.29, 0.717) is 18.2 Å². The molecule has 0 fully saturated rings. The number of benzene rings is 1. The molecule has 0 aliphatic carbocycles. The van der Waals surface area contributed by atoms with Gasteiger partial charge in [-0.3, -0.25) is 4.90 Å². The first kappa shape index (κ1) is 15.4. The van der Waals surface area contributed by atoms with Crippen LogP contribution < -0.4 is 5.73 Å². The van der Waals surface area contributed by atoms with Crippen molar-refractivity contribution >= 4 is 11.8 Å². The van der Waals surface area contributed by atoms with Gasteiger partial charge in [-0.05, 0) is 37.9 Å². The largest absolute Gasteiger partial charge is 0.329 e. The Morgan fingerprint density at radius 3 is 2.50 bits per heavy atom. The number of likely N-dealkylation sites (N-methyl/N-ethyl adjacent to an activating group) is 1. The van der Waals surface area contributed by atoms with Crippen LogP contribution in [-0.2, 0) is 0 Å². The van der Waals surface area contributed by atoms with Crippen molar-refractivity contribution in [2.75, 3.05) is 25.6 Å². The van der Waals surface area contributed by atoms with Crippen molar-refractivity contribution in [3.8, 4) is 0 Å². The van der Waals surface area contributed by atoms with Gasteiger partial charge in [0.1, 0.15) is 0 Å². The lowest BCUT2D eigenvalue weighted by Crippen LogP contribution is -2.38. The predicted octanol–water partition coefficient (Wildman–Crippen LogP) is 2.65. The standard InChI is InChI=1S/C13H20F2N2S/c1-9(8-18-3)17(2)13(7-16)10-4-5-11(14)12(15)6-10/h4-6,9,13H,7-8,16H2,1-3H3. The van der Waals surface area contributed by atoms with Crippen molar-refractivity contribution in [1.82, 2.24) is 4.90 Å². The summed E-state index contributed by atoms with van der Waals surface area (Å²) < 4.78 is 26.2. The lowest BCUT2D eigenvalue weighted by Gasteiger charge is -2.32. The van der Waals surface area contributed by atoms with Crippen LogP contribution in [0.3, 0.4) is 0 Å². The van der Waals surface area contributed by atoms with E-state index in [0.717, 1.165) is 11.8 Å². The second kappa shape index (κ2) is 7.07. The van der Waals surface area contributed by atoms with Gasteiger partial charge in [-0.25, -0.2) is 8.78 Å². The molecule has 0 amide bonds. The molecule has 0 bridgehead atoms. The SMILES string of the molecule is CSCC(C)N(C)C(CN)c1ccc(F)c(F)c1. The van der Waals surface area contributed by atoms with Gasteiger partial charge >= 0.3 is 0 Å². The third kappa shape index (κ3) is 3.67. The monoisotopic (exact) mass is 274 g/mol. The number of hydrogen-bond acceptors (Lipinski definition) is 3. The zero-order valence-electron chi connectivity index (χ0n) is 11.0. The van der Waals surface area contributed by atoms with Crippen molar-refractivity contribution in [3.05, 3.63) is 35.4 Å². The molecule has 0 aliphatic rings. The second-order valence-corrected chi connectivity index (χ2v) is 5.31. The van der Waals surface area contributed by atoms with E-state index in [4.69, 9.17) is 5.73 Å². The zero-order valence-corrected chi connectivity index (χ0v) is 11.8. The van der Waals surface area contributed by atoms with Crippen LogP contribution in [0, 0.1) is 11.6 Å². The molecule has 1 aromatic carbocycles. The Labute approximate surface area is 112 Å². The summed E-state index contributed by atoms with van der Waals surface area (Å²) in [6.45, 7) is 2.47. The van der Waals surface area contributed by atoms with Gasteiger partial charge in [-0.15, -0.1) is 0 Å². The molecular weight excluding hydrogens is 254 g/mol. The van der Waals surface area contributed by atoms with E-state index < -0.39 is 11.6 Å². The third-order valence-electron chi connectivity index (χ3n) is 3.15. The molecule has 1 rings (SSSR count). The molecule has 1 aromatic rings. The van der Waals surface area contributed by atoms with Crippen LogP contribution in [0.2, 0.25) is 0 Å². The van der Waals surface area contributed by atoms with Crippen LogP contribution in [0.4, 0.5) is 8.78 Å². The van der Waals surface area contributed by atoms with E-state index in [1.54, 1.807) is 17.8 Å². The lowest BCUT2D eigenvalue weighted by molar-refractivity contribution is 0.203. The van der Waals surface area contributed by atoms with Crippen LogP contribution in [0.25, 0.3) is 0 Å². The maximum absolute atomic E-state index is 13.3. The van der Waals surface area contributed by atoms with E-state index in [1.165, 1.54) is 6.07 Å². The fourth-order valence-electron chi connectivity index (χ4n) is 1.92. The Balaban J connectivity index is 2.91. The normalized spacial score (nSPS) is 14.8. The van der Waals surface area contributed by atoms with Gasteiger partial charge < -0.3 is 5.73 Å². The molecule has 2 N–H and O–H groups in total. The van der Waals surface area contributed by atoms with Crippen molar-refractivity contribution < 1.29 is 8.78 Å². The first-order valence-electron chi connectivity index (χ1n) is 5.87. The minimum Gasteiger partial charge on any atom is -0.329 e. The van der Waals surface area contributed by atoms with Crippen molar-refractivity contribution in [1.29, 1.82) is 0 Å². The van der Waals surface area contributed by atoms with Crippen LogP contribution in [-0.4, -0.2) is 36.5 Å². The van der Waals surface area contributed by atoms with Gasteiger partial charge in [0.2, 0.25) is 0 Å². The van der Waals surface area contributed by atoms with Gasteiger partial charge in [0, 0.05) is 24.4 Å². The summed E-state index contributed by atoms with van der Waals surface area (Å²) in [6, 6.07) is 4.21. The molecule has 0 aromatic heterocycles. The topological polar surface area (TPSA) is 29.3 Å². The highest BCUT2D eigenvalue weighted by atomic mass is 32.2. The van der Waals surface area contributed by atoms with E-state index >= 15 is 0 Å². The van der Waals surface area contributed by atoms with Crippen molar-refractivity contribution in [2.24, 2.45) is 5.73 Å². The van der Waals surface area contributed by atoms with Gasteiger partial charge in [0.25, 0.3) is 0 Å². The summed E-state index contributed by atoms with van der Waals surface area (Å²) >= 11 is 1.75. The number of halogens is 2. The molecule has 2 atom stereocenters. The summed E-state index contributed by atoms with van der Waals surface area (Å²) in [5, 5.41) is 0. The van der Waals surface area contributed by atoms with E-state index in [2.05, 4.69) is 11.8 Å². The highest BCUT2D eigenvalue weighted by Crippen LogP contribution is 2.23. The first-order valence-corrected chi connectivity index (χ1v) is 7.26. The third-order valence-corrected chi connectivity index (χ3v) is 3.96. The first-order chi connectivity index (χ1) is 8.51. The van der Waals surface area contributed by atoms with E-state index in [9.17, 15) is 8.78 Å². The number of hydrogen-bond donors (Lipinski definition) is 1. The Bertz CT molecular complexity index is 387. The number of nitrogens with two attached hydrogens (primary N) is 1. The van der Waals surface area contributed by atoms with Crippen LogP contribution in [0.1, 0.15) is 18.5 Å². The van der Waals surface area contributed by atoms with Crippen LogP contribution in [0.15, 0.2) is 18.2 Å². The Kier molecular flexibility index (Phi) is 6.05. The van der Waals surface area contributed by atoms with Crippen molar-refractivity contribution in [3.63, 3.8) is 0 Å². The summed E-state index contributed by atoms with van der Waals surface area (Å²) in [5.41, 5.74) is 6.48. The summed E-state index contributed by atoms with van der Waals surface area (Å²) in [5.74, 6) is -0.678. The van der Waals surface area contributed by atoms with Gasteiger partial charge in [0.15, 0.2) is 11.6 Å². The van der Waals surface area contributed by atoms with Crippen LogP contribution >= 0.6 is 11.8 Å². The van der Waals surface area contributed by atoms with Gasteiger partial charge in [0.05, 0.1) is 0 Å². The molecule has 0 saturated heterocycles. The molecule has 2 nitrogen and oxygen atoms in total. The van der Waals surface area contributed by atoms with E-state index in [-0.39, 0.29) is 6.04 Å². The van der Waals surface area contributed by atoms with Crippen LogP contribution in [0.5, 0.6) is 0 Å². The molecule has 0 spiro atoms. The Morgan fingerprint density at radius 2 is 2.00 bits per heavy atom. The second-order valence-electron chi connectivity index (χ2n) is 4.39. The summed E-state index contributed by atoms with van der Waals surface area (Å²) in [7, 11) is 1.96. The molecule has 0 heterocycles. The predicted molar refractivity (Wildman–Crippen MR) is 73.8 cm³/mol. The number of thioether (sulfide) groups is 1. The van der Waals surface area contributed by atoms with Gasteiger partial charge in [-0.1, -0.05) is 6.07 Å². The van der Waals surface area contributed by atoms with Gasteiger partial charge in [-0.2, -0.15) is 11.8 Å². The molecule has 18 heavy (non-hydrogen) atoms. The quantitative estimate of drug-likeness (QED) is 0.864. The molecule has 0 radical (unpaired) electrons. The highest BCUT2D eigenvalue weighted by Gasteiger charge is 2.21. The number of nitrogens with zero attached hydrogens (tertiary/aromatic N) is 1. The van der Waals surface area contributed by atoms with Crippen molar-refractivity contribution in [2.45, 2.75) is 19.0 Å². The fraction of sp³-hybridized carbons (Fsp3) is 0.538. The maximum atomic E-state index is 13.3. The highest BCUT2D eigenvalue weighted by molar-refractivity contribution is 7.98. The molecule has 0 aliphatic heterocycles. The average Bonchev–Trinajstić information content (AvgIpc) is 2.34. The molecule has 0 saturated carbocycles. The average molecular weight is 274 g/mol. The molecule has 2 unspecified atom stereocenters. The zero-order chi connectivity index (χ0) is 13.7. The maximum Gasteiger partial charge on any atom is 0.159 e. The lowest BCUT2D eigenvalue weighted by atomic mass is 10.0. The minimum absolute atomic E-state index is 0.0951.